The standard InChI is InChI=1S/C13H19NO4/c1-9-11(13(2,16-3)6-8-17-9)18-12(15)10-5-4-7-14-10/h4-5,7,9,11,14H,6,8H2,1-3H3/t9-,11-,13+/m0/s1. The molecule has 0 saturated carbocycles. The molecule has 2 heterocycles. The smallest absolute Gasteiger partial charge is 0.355 e. The zero-order chi connectivity index (χ0) is 13.2. The summed E-state index contributed by atoms with van der Waals surface area (Å²) in [6.45, 7) is 4.45. The van der Waals surface area contributed by atoms with E-state index in [9.17, 15) is 4.79 Å². The van der Waals surface area contributed by atoms with Gasteiger partial charge in [-0.25, -0.2) is 4.79 Å². The van der Waals surface area contributed by atoms with Gasteiger partial charge in [-0.3, -0.25) is 0 Å². The lowest BCUT2D eigenvalue weighted by molar-refractivity contribution is -0.190. The maximum absolute atomic E-state index is 12.0. The minimum Gasteiger partial charge on any atom is -0.452 e. The third-order valence-corrected chi connectivity index (χ3v) is 3.53. The normalized spacial score (nSPS) is 32.2. The predicted octanol–water partition coefficient (Wildman–Crippen LogP) is 1.75. The number of methoxy groups -OCH3 is 1. The molecule has 2 rings (SSSR count). The SMILES string of the molecule is CO[C@]1(C)CCO[C@@H](C)[C@@H]1OC(=O)c1ccc[nH]1. The van der Waals surface area contributed by atoms with E-state index in [2.05, 4.69) is 4.98 Å². The number of hydrogen-bond acceptors (Lipinski definition) is 4. The molecular weight excluding hydrogens is 234 g/mol. The summed E-state index contributed by atoms with van der Waals surface area (Å²) in [5.74, 6) is -0.384. The van der Waals surface area contributed by atoms with Crippen molar-refractivity contribution < 1.29 is 19.0 Å². The summed E-state index contributed by atoms with van der Waals surface area (Å²) in [6.07, 6.45) is 1.80. The Hall–Kier alpha value is -1.33. The lowest BCUT2D eigenvalue weighted by atomic mass is 9.89. The summed E-state index contributed by atoms with van der Waals surface area (Å²) in [4.78, 5) is 14.8. The Labute approximate surface area is 106 Å². The van der Waals surface area contributed by atoms with Crippen LogP contribution in [-0.4, -0.2) is 42.5 Å². The van der Waals surface area contributed by atoms with Crippen molar-refractivity contribution in [3.05, 3.63) is 24.0 Å². The number of ether oxygens (including phenoxy) is 3. The number of carbonyl (C=O) groups is 1. The zero-order valence-electron chi connectivity index (χ0n) is 10.9. The first-order valence-corrected chi connectivity index (χ1v) is 6.08. The second-order valence-electron chi connectivity index (χ2n) is 4.75. The van der Waals surface area contributed by atoms with Gasteiger partial charge in [0, 0.05) is 26.3 Å². The molecule has 0 spiro atoms. The number of nitrogens with one attached hydrogen (secondary N) is 1. The van der Waals surface area contributed by atoms with Crippen LogP contribution in [0.25, 0.3) is 0 Å². The lowest BCUT2D eigenvalue weighted by Gasteiger charge is -2.42. The second-order valence-corrected chi connectivity index (χ2v) is 4.75. The average molecular weight is 253 g/mol. The summed E-state index contributed by atoms with van der Waals surface area (Å²) < 4.78 is 16.6. The van der Waals surface area contributed by atoms with Gasteiger partial charge in [0.1, 0.15) is 11.3 Å². The van der Waals surface area contributed by atoms with Crippen LogP contribution in [0.3, 0.4) is 0 Å². The molecule has 0 unspecified atom stereocenters. The molecular formula is C13H19NO4. The van der Waals surface area contributed by atoms with Crippen molar-refractivity contribution in [3.8, 4) is 0 Å². The summed E-state index contributed by atoms with van der Waals surface area (Å²) in [7, 11) is 1.63. The molecule has 1 fully saturated rings. The molecule has 0 aromatic carbocycles. The summed E-state index contributed by atoms with van der Waals surface area (Å²) in [5, 5.41) is 0. The van der Waals surface area contributed by atoms with Crippen LogP contribution in [0.4, 0.5) is 0 Å². The minimum atomic E-state index is -0.500. The van der Waals surface area contributed by atoms with E-state index in [-0.39, 0.29) is 12.1 Å². The molecule has 1 aromatic heterocycles. The largest absolute Gasteiger partial charge is 0.452 e. The molecule has 0 radical (unpaired) electrons. The first-order chi connectivity index (χ1) is 8.57. The third-order valence-electron chi connectivity index (χ3n) is 3.53. The highest BCUT2D eigenvalue weighted by Crippen LogP contribution is 2.31. The van der Waals surface area contributed by atoms with Crippen LogP contribution < -0.4 is 0 Å². The number of aromatic amines is 1. The van der Waals surface area contributed by atoms with Gasteiger partial charge >= 0.3 is 5.97 Å². The van der Waals surface area contributed by atoms with Gasteiger partial charge in [0.25, 0.3) is 0 Å². The van der Waals surface area contributed by atoms with Crippen LogP contribution in [0.5, 0.6) is 0 Å². The number of rotatable bonds is 3. The van der Waals surface area contributed by atoms with Crippen molar-refractivity contribution in [2.75, 3.05) is 13.7 Å². The molecule has 3 atom stereocenters. The third kappa shape index (κ3) is 2.42. The molecule has 0 bridgehead atoms. The Balaban J connectivity index is 2.12. The van der Waals surface area contributed by atoms with Crippen molar-refractivity contribution in [3.63, 3.8) is 0 Å². The van der Waals surface area contributed by atoms with Crippen LogP contribution in [0, 0.1) is 0 Å². The first-order valence-electron chi connectivity index (χ1n) is 6.08. The molecule has 1 saturated heterocycles. The molecule has 1 aromatic rings. The van der Waals surface area contributed by atoms with Gasteiger partial charge in [0.05, 0.1) is 6.10 Å². The molecule has 18 heavy (non-hydrogen) atoms. The number of carbonyl (C=O) groups excluding carboxylic acids is 1. The van der Waals surface area contributed by atoms with E-state index in [1.807, 2.05) is 13.8 Å². The van der Waals surface area contributed by atoms with E-state index >= 15 is 0 Å². The molecule has 1 aliphatic heterocycles. The highest BCUT2D eigenvalue weighted by molar-refractivity contribution is 5.87. The van der Waals surface area contributed by atoms with Crippen molar-refractivity contribution >= 4 is 5.97 Å². The average Bonchev–Trinajstić information content (AvgIpc) is 2.88. The highest BCUT2D eigenvalue weighted by atomic mass is 16.6. The van der Waals surface area contributed by atoms with E-state index in [0.29, 0.717) is 18.7 Å². The molecule has 0 amide bonds. The van der Waals surface area contributed by atoms with Crippen molar-refractivity contribution in [1.29, 1.82) is 0 Å². The molecule has 1 N–H and O–H groups in total. The van der Waals surface area contributed by atoms with Gasteiger partial charge in [-0.1, -0.05) is 0 Å². The van der Waals surface area contributed by atoms with E-state index in [4.69, 9.17) is 14.2 Å². The molecule has 5 heteroatoms. The van der Waals surface area contributed by atoms with Gasteiger partial charge < -0.3 is 19.2 Å². The molecule has 0 aliphatic carbocycles. The highest BCUT2D eigenvalue weighted by Gasteiger charge is 2.44. The minimum absolute atomic E-state index is 0.178. The van der Waals surface area contributed by atoms with E-state index in [1.54, 1.807) is 25.4 Å². The Morgan fingerprint density at radius 2 is 2.39 bits per heavy atom. The maximum Gasteiger partial charge on any atom is 0.355 e. The Kier molecular flexibility index (Phi) is 3.73. The van der Waals surface area contributed by atoms with E-state index in [1.165, 1.54) is 0 Å². The molecule has 1 aliphatic rings. The molecule has 5 nitrogen and oxygen atoms in total. The van der Waals surface area contributed by atoms with E-state index < -0.39 is 11.7 Å². The quantitative estimate of drug-likeness (QED) is 0.834. The monoisotopic (exact) mass is 253 g/mol. The Morgan fingerprint density at radius 1 is 1.61 bits per heavy atom. The van der Waals surface area contributed by atoms with Gasteiger partial charge in [-0.15, -0.1) is 0 Å². The fourth-order valence-corrected chi connectivity index (χ4v) is 2.25. The Bertz CT molecular complexity index is 403. The topological polar surface area (TPSA) is 60.6 Å². The van der Waals surface area contributed by atoms with Crippen LogP contribution in [0.15, 0.2) is 18.3 Å². The fraction of sp³-hybridized carbons (Fsp3) is 0.615. The number of esters is 1. The first kappa shape index (κ1) is 13.1. The lowest BCUT2D eigenvalue weighted by Crippen LogP contribution is -2.54. The fourth-order valence-electron chi connectivity index (χ4n) is 2.25. The van der Waals surface area contributed by atoms with Crippen LogP contribution in [0.2, 0.25) is 0 Å². The van der Waals surface area contributed by atoms with Crippen LogP contribution in [0.1, 0.15) is 30.8 Å². The second kappa shape index (κ2) is 5.12. The van der Waals surface area contributed by atoms with Gasteiger partial charge in [0.15, 0.2) is 6.10 Å². The van der Waals surface area contributed by atoms with Gasteiger partial charge in [-0.2, -0.15) is 0 Å². The van der Waals surface area contributed by atoms with Gasteiger partial charge in [-0.05, 0) is 26.0 Å². The summed E-state index contributed by atoms with van der Waals surface area (Å²) >= 11 is 0. The zero-order valence-corrected chi connectivity index (χ0v) is 10.9. The van der Waals surface area contributed by atoms with Gasteiger partial charge in [0.2, 0.25) is 0 Å². The van der Waals surface area contributed by atoms with Crippen LogP contribution >= 0.6 is 0 Å². The maximum atomic E-state index is 12.0. The number of H-pyrrole nitrogens is 1. The Morgan fingerprint density at radius 3 is 3.00 bits per heavy atom. The van der Waals surface area contributed by atoms with E-state index in [0.717, 1.165) is 0 Å². The summed E-state index contributed by atoms with van der Waals surface area (Å²) in [5.41, 5.74) is -0.0638. The van der Waals surface area contributed by atoms with Crippen LogP contribution in [-0.2, 0) is 14.2 Å². The van der Waals surface area contributed by atoms with Crippen molar-refractivity contribution in [1.82, 2.24) is 4.98 Å². The molecule has 100 valence electrons. The summed E-state index contributed by atoms with van der Waals surface area (Å²) in [6, 6.07) is 3.44. The number of hydrogen-bond donors (Lipinski definition) is 1. The van der Waals surface area contributed by atoms with Crippen molar-refractivity contribution in [2.24, 2.45) is 0 Å². The predicted molar refractivity (Wildman–Crippen MR) is 65.4 cm³/mol. The number of aromatic nitrogens is 1. The van der Waals surface area contributed by atoms with Crippen molar-refractivity contribution in [2.45, 2.75) is 38.1 Å².